The monoisotopic (exact) mass is 372 g/mol. The van der Waals surface area contributed by atoms with Gasteiger partial charge in [0.05, 0.1) is 18.5 Å². The molecular formula is C19H21ClN4O2. The fraction of sp³-hybridized carbons (Fsp3) is 0.368. The standard InChI is InChI=1S/C19H21ClN4O2/c1-12-21-18-14(22-13-7-3-4-8-15(13)25-2)11-16(20)23-19(18)24(12)17-9-5-6-10-26-17/h3-4,7-8,11,17H,5-6,9-10H2,1-2H3,(H,22,23). The zero-order chi connectivity index (χ0) is 18.1. The van der Waals surface area contributed by atoms with Crippen molar-refractivity contribution in [2.24, 2.45) is 0 Å². The number of fused-ring (bicyclic) bond motifs is 1. The summed E-state index contributed by atoms with van der Waals surface area (Å²) in [6.45, 7) is 2.73. The summed E-state index contributed by atoms with van der Waals surface area (Å²) < 4.78 is 13.4. The number of hydrogen-bond donors (Lipinski definition) is 1. The predicted molar refractivity (Wildman–Crippen MR) is 102 cm³/mol. The number of ether oxygens (including phenoxy) is 2. The number of aromatic nitrogens is 3. The van der Waals surface area contributed by atoms with Gasteiger partial charge in [-0.15, -0.1) is 0 Å². The number of methoxy groups -OCH3 is 1. The van der Waals surface area contributed by atoms with Crippen LogP contribution < -0.4 is 10.1 Å². The zero-order valence-corrected chi connectivity index (χ0v) is 15.6. The first kappa shape index (κ1) is 17.1. The first-order valence-electron chi connectivity index (χ1n) is 8.74. The van der Waals surface area contributed by atoms with Gasteiger partial charge in [-0.25, -0.2) is 9.97 Å². The summed E-state index contributed by atoms with van der Waals surface area (Å²) >= 11 is 6.32. The Bertz CT molecular complexity index is 935. The van der Waals surface area contributed by atoms with Crippen LogP contribution in [-0.2, 0) is 4.74 Å². The lowest BCUT2D eigenvalue weighted by Crippen LogP contribution is -2.19. The molecule has 26 heavy (non-hydrogen) atoms. The lowest BCUT2D eigenvalue weighted by atomic mass is 10.2. The van der Waals surface area contributed by atoms with Crippen LogP contribution in [0.5, 0.6) is 5.75 Å². The summed E-state index contributed by atoms with van der Waals surface area (Å²) in [5.74, 6) is 1.62. The van der Waals surface area contributed by atoms with Crippen molar-refractivity contribution in [3.63, 3.8) is 0 Å². The predicted octanol–water partition coefficient (Wildman–Crippen LogP) is 4.84. The normalized spacial score (nSPS) is 17.4. The van der Waals surface area contributed by atoms with Crippen LogP contribution >= 0.6 is 11.6 Å². The summed E-state index contributed by atoms with van der Waals surface area (Å²) in [7, 11) is 1.65. The highest BCUT2D eigenvalue weighted by Crippen LogP contribution is 2.34. The molecular weight excluding hydrogens is 352 g/mol. The number of hydrogen-bond acceptors (Lipinski definition) is 5. The summed E-state index contributed by atoms with van der Waals surface area (Å²) in [5.41, 5.74) is 3.15. The molecule has 1 aliphatic heterocycles. The molecule has 3 heterocycles. The molecule has 0 amide bonds. The number of nitrogens with one attached hydrogen (secondary N) is 1. The van der Waals surface area contributed by atoms with Crippen LogP contribution in [0.1, 0.15) is 31.3 Å². The Balaban J connectivity index is 1.81. The number of aryl methyl sites for hydroxylation is 1. The highest BCUT2D eigenvalue weighted by Gasteiger charge is 2.23. The number of anilines is 2. The maximum absolute atomic E-state index is 6.32. The fourth-order valence-electron chi connectivity index (χ4n) is 3.40. The van der Waals surface area contributed by atoms with Crippen LogP contribution in [0.25, 0.3) is 11.2 Å². The molecule has 4 rings (SSSR count). The first-order chi connectivity index (χ1) is 12.7. The van der Waals surface area contributed by atoms with Crippen molar-refractivity contribution in [1.82, 2.24) is 14.5 Å². The molecule has 1 atom stereocenters. The minimum Gasteiger partial charge on any atom is -0.495 e. The van der Waals surface area contributed by atoms with E-state index in [2.05, 4.69) is 10.3 Å². The highest BCUT2D eigenvalue weighted by molar-refractivity contribution is 6.30. The van der Waals surface area contributed by atoms with E-state index in [1.807, 2.05) is 35.8 Å². The van der Waals surface area contributed by atoms with Crippen LogP contribution in [0.15, 0.2) is 30.3 Å². The summed E-state index contributed by atoms with van der Waals surface area (Å²) in [5, 5.41) is 3.79. The van der Waals surface area contributed by atoms with Crippen molar-refractivity contribution in [3.8, 4) is 5.75 Å². The van der Waals surface area contributed by atoms with Gasteiger partial charge in [0, 0.05) is 12.7 Å². The Labute approximate surface area is 157 Å². The van der Waals surface area contributed by atoms with Gasteiger partial charge in [-0.1, -0.05) is 23.7 Å². The molecule has 0 aliphatic carbocycles. The number of rotatable bonds is 4. The topological polar surface area (TPSA) is 61.2 Å². The Morgan fingerprint density at radius 1 is 1.23 bits per heavy atom. The van der Waals surface area contributed by atoms with Gasteiger partial charge in [0.25, 0.3) is 0 Å². The van der Waals surface area contributed by atoms with Crippen molar-refractivity contribution < 1.29 is 9.47 Å². The third kappa shape index (κ3) is 3.10. The summed E-state index contributed by atoms with van der Waals surface area (Å²) in [6.07, 6.45) is 3.14. The molecule has 1 N–H and O–H groups in total. The molecule has 1 aromatic carbocycles. The zero-order valence-electron chi connectivity index (χ0n) is 14.8. The number of para-hydroxylation sites is 2. The molecule has 0 radical (unpaired) electrons. The Hall–Kier alpha value is -2.31. The molecule has 0 spiro atoms. The van der Waals surface area contributed by atoms with Crippen LogP contribution in [0.4, 0.5) is 11.4 Å². The largest absolute Gasteiger partial charge is 0.495 e. The van der Waals surface area contributed by atoms with E-state index in [1.165, 1.54) is 0 Å². The number of nitrogens with zero attached hydrogens (tertiary/aromatic N) is 3. The molecule has 1 fully saturated rings. The Morgan fingerprint density at radius 3 is 2.85 bits per heavy atom. The number of benzene rings is 1. The fourth-order valence-corrected chi connectivity index (χ4v) is 3.59. The summed E-state index contributed by atoms with van der Waals surface area (Å²) in [6, 6.07) is 9.52. The van der Waals surface area contributed by atoms with Crippen LogP contribution in [0, 0.1) is 6.92 Å². The van der Waals surface area contributed by atoms with Gasteiger partial charge in [0.15, 0.2) is 5.65 Å². The SMILES string of the molecule is COc1ccccc1Nc1cc(Cl)nc2c1nc(C)n2C1CCCCO1. The Morgan fingerprint density at radius 2 is 2.08 bits per heavy atom. The van der Waals surface area contributed by atoms with E-state index in [0.717, 1.165) is 60.0 Å². The van der Waals surface area contributed by atoms with Crippen molar-refractivity contribution in [3.05, 3.63) is 41.3 Å². The van der Waals surface area contributed by atoms with E-state index >= 15 is 0 Å². The van der Waals surface area contributed by atoms with Crippen LogP contribution in [-0.4, -0.2) is 28.3 Å². The molecule has 6 nitrogen and oxygen atoms in total. The van der Waals surface area contributed by atoms with E-state index in [4.69, 9.17) is 26.1 Å². The smallest absolute Gasteiger partial charge is 0.166 e. The maximum atomic E-state index is 6.32. The van der Waals surface area contributed by atoms with Crippen LogP contribution in [0.2, 0.25) is 5.15 Å². The molecule has 1 aliphatic rings. The number of imidazole rings is 1. The van der Waals surface area contributed by atoms with Gasteiger partial charge in [-0.2, -0.15) is 0 Å². The van der Waals surface area contributed by atoms with E-state index in [-0.39, 0.29) is 6.23 Å². The first-order valence-corrected chi connectivity index (χ1v) is 9.12. The third-order valence-corrected chi connectivity index (χ3v) is 4.81. The second kappa shape index (κ2) is 7.13. The molecule has 7 heteroatoms. The molecule has 3 aromatic rings. The molecule has 136 valence electrons. The number of halogens is 1. The van der Waals surface area contributed by atoms with Gasteiger partial charge in [-0.3, -0.25) is 4.57 Å². The minimum atomic E-state index is -0.0428. The quantitative estimate of drug-likeness (QED) is 0.663. The molecule has 1 saturated heterocycles. The number of pyridine rings is 1. The van der Waals surface area contributed by atoms with Gasteiger partial charge in [0.1, 0.15) is 28.5 Å². The van der Waals surface area contributed by atoms with Crippen molar-refractivity contribution >= 4 is 34.1 Å². The molecule has 0 saturated carbocycles. The van der Waals surface area contributed by atoms with Gasteiger partial charge >= 0.3 is 0 Å². The van der Waals surface area contributed by atoms with Gasteiger partial charge < -0.3 is 14.8 Å². The van der Waals surface area contributed by atoms with Crippen molar-refractivity contribution in [2.45, 2.75) is 32.4 Å². The molecule has 0 bridgehead atoms. The van der Waals surface area contributed by atoms with Crippen LogP contribution in [0.3, 0.4) is 0 Å². The molecule has 1 unspecified atom stereocenters. The highest BCUT2D eigenvalue weighted by atomic mass is 35.5. The minimum absolute atomic E-state index is 0.0428. The van der Waals surface area contributed by atoms with E-state index in [0.29, 0.717) is 5.15 Å². The van der Waals surface area contributed by atoms with E-state index in [1.54, 1.807) is 13.2 Å². The lowest BCUT2D eigenvalue weighted by Gasteiger charge is -2.25. The van der Waals surface area contributed by atoms with Crippen molar-refractivity contribution in [1.29, 1.82) is 0 Å². The van der Waals surface area contributed by atoms with Gasteiger partial charge in [-0.05, 0) is 38.3 Å². The van der Waals surface area contributed by atoms with E-state index < -0.39 is 0 Å². The third-order valence-electron chi connectivity index (χ3n) is 4.61. The van der Waals surface area contributed by atoms with Crippen molar-refractivity contribution in [2.75, 3.05) is 19.0 Å². The molecule has 2 aromatic heterocycles. The second-order valence-electron chi connectivity index (χ2n) is 6.34. The van der Waals surface area contributed by atoms with E-state index in [9.17, 15) is 0 Å². The lowest BCUT2D eigenvalue weighted by molar-refractivity contribution is -0.0309. The Kier molecular flexibility index (Phi) is 4.70. The van der Waals surface area contributed by atoms with Gasteiger partial charge in [0.2, 0.25) is 0 Å². The second-order valence-corrected chi connectivity index (χ2v) is 6.73. The summed E-state index contributed by atoms with van der Waals surface area (Å²) in [4.78, 5) is 9.27. The average Bonchev–Trinajstić information content (AvgIpc) is 2.99. The maximum Gasteiger partial charge on any atom is 0.166 e. The average molecular weight is 373 g/mol.